The minimum atomic E-state index is 0.649. The maximum absolute atomic E-state index is 5.34. The van der Waals surface area contributed by atoms with Gasteiger partial charge < -0.3 is 10.1 Å². The van der Waals surface area contributed by atoms with E-state index in [-0.39, 0.29) is 0 Å². The molecule has 0 radical (unpaired) electrons. The molecule has 4 nitrogen and oxygen atoms in total. The molecule has 0 atom stereocenters. The average molecular weight is 255 g/mol. The summed E-state index contributed by atoms with van der Waals surface area (Å²) in [7, 11) is 2.14. The van der Waals surface area contributed by atoms with Gasteiger partial charge in [0.05, 0.1) is 11.2 Å². The summed E-state index contributed by atoms with van der Waals surface area (Å²) in [5, 5.41) is 5.71. The van der Waals surface area contributed by atoms with Crippen molar-refractivity contribution in [1.29, 1.82) is 0 Å². The van der Waals surface area contributed by atoms with Gasteiger partial charge in [0.25, 0.3) is 0 Å². The summed E-state index contributed by atoms with van der Waals surface area (Å²) in [5.41, 5.74) is 3.06. The highest BCUT2D eigenvalue weighted by Crippen LogP contribution is 2.06. The number of aromatic nitrogens is 1. The van der Waals surface area contributed by atoms with Crippen LogP contribution >= 0.6 is 11.3 Å². The Kier molecular flexibility index (Phi) is 5.38. The van der Waals surface area contributed by atoms with Gasteiger partial charge in [0.1, 0.15) is 0 Å². The fourth-order valence-electron chi connectivity index (χ4n) is 2.03. The summed E-state index contributed by atoms with van der Waals surface area (Å²) in [4.78, 5) is 6.60. The number of nitrogens with zero attached hydrogens (tertiary/aromatic N) is 2. The van der Waals surface area contributed by atoms with Gasteiger partial charge in [0.2, 0.25) is 0 Å². The highest BCUT2D eigenvalue weighted by atomic mass is 32.1. The Morgan fingerprint density at radius 3 is 3.06 bits per heavy atom. The summed E-state index contributed by atoms with van der Waals surface area (Å²) in [5.74, 6) is 0. The zero-order valence-electron chi connectivity index (χ0n) is 10.4. The van der Waals surface area contributed by atoms with Crippen LogP contribution < -0.4 is 5.32 Å². The lowest BCUT2D eigenvalue weighted by atomic mass is 10.1. The molecule has 0 bridgehead atoms. The Balaban J connectivity index is 1.58. The molecular formula is C12H21N3OS. The van der Waals surface area contributed by atoms with Crippen LogP contribution in [0.25, 0.3) is 0 Å². The number of rotatable bonds is 6. The van der Waals surface area contributed by atoms with Gasteiger partial charge in [-0.3, -0.25) is 4.90 Å². The van der Waals surface area contributed by atoms with E-state index >= 15 is 0 Å². The van der Waals surface area contributed by atoms with Gasteiger partial charge in [-0.2, -0.15) is 0 Å². The normalized spacial score (nSPS) is 17.8. The van der Waals surface area contributed by atoms with Crippen molar-refractivity contribution < 1.29 is 4.74 Å². The number of hydrogen-bond donors (Lipinski definition) is 1. The van der Waals surface area contributed by atoms with E-state index < -0.39 is 0 Å². The quantitative estimate of drug-likeness (QED) is 0.832. The van der Waals surface area contributed by atoms with Gasteiger partial charge in [-0.1, -0.05) is 0 Å². The minimum Gasteiger partial charge on any atom is -0.381 e. The topological polar surface area (TPSA) is 37.4 Å². The van der Waals surface area contributed by atoms with Crippen molar-refractivity contribution in [3.63, 3.8) is 0 Å². The molecule has 1 fully saturated rings. The van der Waals surface area contributed by atoms with E-state index in [1.54, 1.807) is 11.3 Å². The molecule has 1 aromatic heterocycles. The van der Waals surface area contributed by atoms with Gasteiger partial charge in [-0.05, 0) is 19.9 Å². The lowest BCUT2D eigenvalue weighted by Crippen LogP contribution is -2.39. The second-order valence-corrected chi connectivity index (χ2v) is 5.28. The largest absolute Gasteiger partial charge is 0.381 e. The zero-order chi connectivity index (χ0) is 11.9. The van der Waals surface area contributed by atoms with Crippen LogP contribution in [0.5, 0.6) is 0 Å². The maximum atomic E-state index is 5.34. The molecule has 17 heavy (non-hydrogen) atoms. The molecule has 0 aliphatic carbocycles. The van der Waals surface area contributed by atoms with E-state index in [9.17, 15) is 0 Å². The first-order valence-electron chi connectivity index (χ1n) is 6.21. The van der Waals surface area contributed by atoms with Gasteiger partial charge in [0.15, 0.2) is 0 Å². The standard InChI is InChI=1S/C12H21N3OS/c1-15(8-12-9-17-10-14-12)5-4-13-11-2-6-16-7-3-11/h9-11,13H,2-8H2,1H3. The van der Waals surface area contributed by atoms with E-state index in [4.69, 9.17) is 4.74 Å². The molecule has 1 aromatic rings. The van der Waals surface area contributed by atoms with Crippen LogP contribution in [0.3, 0.4) is 0 Å². The van der Waals surface area contributed by atoms with Crippen LogP contribution in [0, 0.1) is 0 Å². The predicted molar refractivity (Wildman–Crippen MR) is 70.3 cm³/mol. The van der Waals surface area contributed by atoms with Gasteiger partial charge in [-0.15, -0.1) is 11.3 Å². The van der Waals surface area contributed by atoms with Crippen LogP contribution in [0.2, 0.25) is 0 Å². The molecule has 1 aliphatic heterocycles. The third-order valence-corrected chi connectivity index (χ3v) is 3.70. The third kappa shape index (κ3) is 4.71. The molecule has 1 N–H and O–H groups in total. The van der Waals surface area contributed by atoms with Crippen molar-refractivity contribution in [2.24, 2.45) is 0 Å². The van der Waals surface area contributed by atoms with Crippen molar-refractivity contribution in [1.82, 2.24) is 15.2 Å². The Morgan fingerprint density at radius 1 is 1.53 bits per heavy atom. The first kappa shape index (κ1) is 13.0. The van der Waals surface area contributed by atoms with Crippen molar-refractivity contribution in [2.75, 3.05) is 33.4 Å². The summed E-state index contributed by atoms with van der Waals surface area (Å²) in [6, 6.07) is 0.649. The van der Waals surface area contributed by atoms with Crippen LogP contribution in [0.4, 0.5) is 0 Å². The Morgan fingerprint density at radius 2 is 2.35 bits per heavy atom. The number of likely N-dealkylation sites (N-methyl/N-ethyl adjacent to an activating group) is 1. The zero-order valence-corrected chi connectivity index (χ0v) is 11.2. The van der Waals surface area contributed by atoms with Crippen molar-refractivity contribution in [2.45, 2.75) is 25.4 Å². The van der Waals surface area contributed by atoms with Crippen LogP contribution in [0.1, 0.15) is 18.5 Å². The predicted octanol–water partition coefficient (Wildman–Crippen LogP) is 1.34. The van der Waals surface area contributed by atoms with Crippen LogP contribution in [-0.4, -0.2) is 49.3 Å². The summed E-state index contributed by atoms with van der Waals surface area (Å²) < 4.78 is 5.34. The first-order valence-corrected chi connectivity index (χ1v) is 7.15. The molecule has 96 valence electrons. The van der Waals surface area contributed by atoms with Crippen LogP contribution in [-0.2, 0) is 11.3 Å². The van der Waals surface area contributed by atoms with E-state index in [2.05, 4.69) is 27.6 Å². The number of hydrogen-bond acceptors (Lipinski definition) is 5. The Hall–Kier alpha value is -0.490. The van der Waals surface area contributed by atoms with E-state index in [1.807, 2.05) is 5.51 Å². The number of nitrogens with one attached hydrogen (secondary N) is 1. The molecule has 0 saturated carbocycles. The molecule has 1 saturated heterocycles. The Labute approximate surface area is 107 Å². The van der Waals surface area contributed by atoms with E-state index in [0.717, 1.165) is 45.7 Å². The van der Waals surface area contributed by atoms with Gasteiger partial charge in [-0.25, -0.2) is 4.98 Å². The average Bonchev–Trinajstić information content (AvgIpc) is 2.83. The molecule has 5 heteroatoms. The van der Waals surface area contributed by atoms with Gasteiger partial charge >= 0.3 is 0 Å². The number of ether oxygens (including phenoxy) is 1. The molecule has 2 heterocycles. The molecular weight excluding hydrogens is 234 g/mol. The summed E-state index contributed by atoms with van der Waals surface area (Å²) in [6.45, 7) is 4.87. The summed E-state index contributed by atoms with van der Waals surface area (Å²) in [6.07, 6.45) is 2.30. The highest BCUT2D eigenvalue weighted by Gasteiger charge is 2.12. The fourth-order valence-corrected chi connectivity index (χ4v) is 2.58. The second-order valence-electron chi connectivity index (χ2n) is 4.56. The van der Waals surface area contributed by atoms with E-state index in [0.29, 0.717) is 6.04 Å². The van der Waals surface area contributed by atoms with E-state index in [1.165, 1.54) is 5.69 Å². The lowest BCUT2D eigenvalue weighted by Gasteiger charge is -2.24. The SMILES string of the molecule is CN(CCNC1CCOCC1)Cc1cscn1. The monoisotopic (exact) mass is 255 g/mol. The van der Waals surface area contributed by atoms with Crippen molar-refractivity contribution in [3.8, 4) is 0 Å². The molecule has 0 spiro atoms. The molecule has 2 rings (SSSR count). The van der Waals surface area contributed by atoms with Crippen LogP contribution in [0.15, 0.2) is 10.9 Å². The molecule has 0 unspecified atom stereocenters. The minimum absolute atomic E-state index is 0.649. The first-order chi connectivity index (χ1) is 8.34. The highest BCUT2D eigenvalue weighted by molar-refractivity contribution is 7.07. The maximum Gasteiger partial charge on any atom is 0.0795 e. The fraction of sp³-hybridized carbons (Fsp3) is 0.750. The third-order valence-electron chi connectivity index (χ3n) is 3.06. The molecule has 0 amide bonds. The lowest BCUT2D eigenvalue weighted by molar-refractivity contribution is 0.0774. The van der Waals surface area contributed by atoms with Crippen molar-refractivity contribution in [3.05, 3.63) is 16.6 Å². The van der Waals surface area contributed by atoms with Crippen molar-refractivity contribution >= 4 is 11.3 Å². The Bertz CT molecular complexity index is 299. The second kappa shape index (κ2) is 7.06. The molecule has 1 aliphatic rings. The summed E-state index contributed by atoms with van der Waals surface area (Å²) >= 11 is 1.66. The van der Waals surface area contributed by atoms with Gasteiger partial charge in [0, 0.05) is 44.3 Å². The molecule has 0 aromatic carbocycles. The number of thiazole rings is 1. The smallest absolute Gasteiger partial charge is 0.0795 e.